The molecule has 17 heavy (non-hydrogen) atoms. The quantitative estimate of drug-likeness (QED) is 0.762. The zero-order valence-electron chi connectivity index (χ0n) is 10.4. The van der Waals surface area contributed by atoms with E-state index < -0.39 is 12.8 Å². The smallest absolute Gasteiger partial charge is 0.371 e. The van der Waals surface area contributed by atoms with Crippen LogP contribution in [0.3, 0.4) is 0 Å². The van der Waals surface area contributed by atoms with E-state index in [-0.39, 0.29) is 6.61 Å². The number of nitrogens with one attached hydrogen (secondary N) is 1. The highest BCUT2D eigenvalue weighted by molar-refractivity contribution is 4.76. The highest BCUT2D eigenvalue weighted by atomic mass is 19.4. The Morgan fingerprint density at radius 3 is 2.35 bits per heavy atom. The van der Waals surface area contributed by atoms with Crippen molar-refractivity contribution in [3.05, 3.63) is 0 Å². The first-order valence-corrected chi connectivity index (χ1v) is 6.06. The standard InChI is InChI=1S/C11H21F3N2O/c1-9-4-3-5-10(2)16(9)15-6-7-17-8-11(12,13)14/h9-10,15H,3-8H2,1-2H3. The summed E-state index contributed by atoms with van der Waals surface area (Å²) in [6.07, 6.45) is -0.766. The van der Waals surface area contributed by atoms with Crippen LogP contribution in [0.4, 0.5) is 13.2 Å². The van der Waals surface area contributed by atoms with Crippen molar-refractivity contribution < 1.29 is 17.9 Å². The van der Waals surface area contributed by atoms with Gasteiger partial charge >= 0.3 is 6.18 Å². The molecule has 1 N–H and O–H groups in total. The molecule has 2 unspecified atom stereocenters. The average molecular weight is 254 g/mol. The molecular formula is C11H21F3N2O. The van der Waals surface area contributed by atoms with Gasteiger partial charge in [0.05, 0.1) is 6.61 Å². The lowest BCUT2D eigenvalue weighted by Crippen LogP contribution is -2.52. The summed E-state index contributed by atoms with van der Waals surface area (Å²) in [4.78, 5) is 0. The molecule has 1 rings (SSSR count). The van der Waals surface area contributed by atoms with Crippen LogP contribution >= 0.6 is 0 Å². The molecule has 0 aliphatic carbocycles. The van der Waals surface area contributed by atoms with Crippen molar-refractivity contribution in [1.29, 1.82) is 0 Å². The molecule has 0 aromatic rings. The Hall–Kier alpha value is -0.330. The first kappa shape index (κ1) is 14.7. The summed E-state index contributed by atoms with van der Waals surface area (Å²) in [5, 5.41) is 2.13. The molecule has 0 aromatic carbocycles. The highest BCUT2D eigenvalue weighted by Gasteiger charge is 2.27. The molecule has 0 aromatic heterocycles. The minimum absolute atomic E-state index is 0.0788. The topological polar surface area (TPSA) is 24.5 Å². The lowest BCUT2D eigenvalue weighted by molar-refractivity contribution is -0.174. The van der Waals surface area contributed by atoms with Crippen LogP contribution in [0.15, 0.2) is 0 Å². The van der Waals surface area contributed by atoms with Crippen LogP contribution in [-0.4, -0.2) is 43.0 Å². The van der Waals surface area contributed by atoms with E-state index >= 15 is 0 Å². The van der Waals surface area contributed by atoms with Gasteiger partial charge in [0, 0.05) is 18.6 Å². The molecule has 1 aliphatic heterocycles. The molecule has 102 valence electrons. The number of rotatable bonds is 5. The lowest BCUT2D eigenvalue weighted by atomic mass is 10.00. The fraction of sp³-hybridized carbons (Fsp3) is 1.00. The van der Waals surface area contributed by atoms with Gasteiger partial charge in [-0.25, -0.2) is 5.01 Å². The predicted octanol–water partition coefficient (Wildman–Crippen LogP) is 2.33. The largest absolute Gasteiger partial charge is 0.411 e. The van der Waals surface area contributed by atoms with Crippen LogP contribution in [0.25, 0.3) is 0 Å². The molecule has 0 spiro atoms. The third kappa shape index (κ3) is 5.70. The van der Waals surface area contributed by atoms with E-state index in [1.807, 2.05) is 0 Å². The number of alkyl halides is 3. The van der Waals surface area contributed by atoms with Crippen molar-refractivity contribution in [3.8, 4) is 0 Å². The SMILES string of the molecule is CC1CCCC(C)N1NCCOCC(F)(F)F. The summed E-state index contributed by atoms with van der Waals surface area (Å²) in [7, 11) is 0. The Bertz CT molecular complexity index is 213. The number of piperidine rings is 1. The Labute approximate surface area is 100 Å². The molecule has 3 nitrogen and oxygen atoms in total. The minimum atomic E-state index is -4.23. The van der Waals surface area contributed by atoms with Crippen LogP contribution < -0.4 is 5.43 Å². The zero-order chi connectivity index (χ0) is 12.9. The molecule has 0 bridgehead atoms. The van der Waals surface area contributed by atoms with Crippen molar-refractivity contribution in [2.75, 3.05) is 19.8 Å². The summed E-state index contributed by atoms with van der Waals surface area (Å²) in [6, 6.07) is 0.864. The van der Waals surface area contributed by atoms with E-state index in [2.05, 4.69) is 29.0 Å². The molecule has 0 amide bonds. The second-order valence-corrected chi connectivity index (χ2v) is 4.61. The number of nitrogens with zero attached hydrogens (tertiary/aromatic N) is 1. The predicted molar refractivity (Wildman–Crippen MR) is 59.5 cm³/mol. The normalized spacial score (nSPS) is 27.4. The van der Waals surface area contributed by atoms with Gasteiger partial charge in [-0.1, -0.05) is 6.42 Å². The van der Waals surface area contributed by atoms with Crippen LogP contribution in [-0.2, 0) is 4.74 Å². The lowest BCUT2D eigenvalue weighted by Gasteiger charge is -2.39. The first-order chi connectivity index (χ1) is 7.90. The first-order valence-electron chi connectivity index (χ1n) is 6.06. The highest BCUT2D eigenvalue weighted by Crippen LogP contribution is 2.20. The maximum atomic E-state index is 11.8. The van der Waals surface area contributed by atoms with Crippen molar-refractivity contribution in [2.45, 2.75) is 51.4 Å². The van der Waals surface area contributed by atoms with Gasteiger partial charge in [0.2, 0.25) is 0 Å². The second-order valence-electron chi connectivity index (χ2n) is 4.61. The number of ether oxygens (including phenoxy) is 1. The Morgan fingerprint density at radius 1 is 1.24 bits per heavy atom. The average Bonchev–Trinajstić information content (AvgIpc) is 2.20. The summed E-state index contributed by atoms with van der Waals surface area (Å²) < 4.78 is 40.0. The van der Waals surface area contributed by atoms with Gasteiger partial charge in [-0.05, 0) is 26.7 Å². The van der Waals surface area contributed by atoms with E-state index in [0.717, 1.165) is 12.8 Å². The molecule has 1 fully saturated rings. The van der Waals surface area contributed by atoms with Crippen molar-refractivity contribution >= 4 is 0 Å². The van der Waals surface area contributed by atoms with E-state index in [1.54, 1.807) is 0 Å². The van der Waals surface area contributed by atoms with Crippen LogP contribution in [0, 0.1) is 0 Å². The van der Waals surface area contributed by atoms with Crippen LogP contribution in [0.2, 0.25) is 0 Å². The van der Waals surface area contributed by atoms with Gasteiger partial charge in [-0.3, -0.25) is 5.43 Å². The Kier molecular flexibility index (Phi) is 5.69. The minimum Gasteiger partial charge on any atom is -0.371 e. The molecule has 0 saturated carbocycles. The van der Waals surface area contributed by atoms with Gasteiger partial charge in [-0.2, -0.15) is 13.2 Å². The Morgan fingerprint density at radius 2 is 1.82 bits per heavy atom. The number of hydrogen-bond acceptors (Lipinski definition) is 3. The molecule has 2 atom stereocenters. The summed E-state index contributed by atoms with van der Waals surface area (Å²) in [6.45, 7) is 3.58. The number of halogens is 3. The summed E-state index contributed by atoms with van der Waals surface area (Å²) >= 11 is 0. The van der Waals surface area contributed by atoms with Gasteiger partial charge < -0.3 is 4.74 Å². The Balaban J connectivity index is 2.13. The summed E-state index contributed by atoms with van der Waals surface area (Å²) in [5.74, 6) is 0. The molecule has 6 heteroatoms. The third-order valence-electron chi connectivity index (χ3n) is 3.00. The van der Waals surface area contributed by atoms with E-state index in [0.29, 0.717) is 18.6 Å². The molecule has 1 aliphatic rings. The monoisotopic (exact) mass is 254 g/mol. The van der Waals surface area contributed by atoms with Crippen molar-refractivity contribution in [3.63, 3.8) is 0 Å². The van der Waals surface area contributed by atoms with E-state index in [4.69, 9.17) is 0 Å². The zero-order valence-corrected chi connectivity index (χ0v) is 10.4. The van der Waals surface area contributed by atoms with Crippen LogP contribution in [0.5, 0.6) is 0 Å². The van der Waals surface area contributed by atoms with E-state index in [9.17, 15) is 13.2 Å². The van der Waals surface area contributed by atoms with Gasteiger partial charge in [0.1, 0.15) is 6.61 Å². The number of hydrazine groups is 1. The van der Waals surface area contributed by atoms with Gasteiger partial charge in [-0.15, -0.1) is 0 Å². The van der Waals surface area contributed by atoms with Crippen LogP contribution in [0.1, 0.15) is 33.1 Å². The maximum absolute atomic E-state index is 11.8. The molecule has 1 saturated heterocycles. The van der Waals surface area contributed by atoms with Crippen molar-refractivity contribution in [1.82, 2.24) is 10.4 Å². The van der Waals surface area contributed by atoms with Crippen molar-refractivity contribution in [2.24, 2.45) is 0 Å². The molecule has 0 radical (unpaired) electrons. The molecular weight excluding hydrogens is 233 g/mol. The fourth-order valence-corrected chi connectivity index (χ4v) is 2.17. The maximum Gasteiger partial charge on any atom is 0.411 e. The second kappa shape index (κ2) is 6.56. The third-order valence-corrected chi connectivity index (χ3v) is 3.00. The van der Waals surface area contributed by atoms with E-state index in [1.165, 1.54) is 6.42 Å². The van der Waals surface area contributed by atoms with Gasteiger partial charge in [0.15, 0.2) is 0 Å². The fourth-order valence-electron chi connectivity index (χ4n) is 2.17. The van der Waals surface area contributed by atoms with Gasteiger partial charge in [0.25, 0.3) is 0 Å². The number of hydrogen-bond donors (Lipinski definition) is 1. The molecule has 1 heterocycles. The summed E-state index contributed by atoms with van der Waals surface area (Å²) in [5.41, 5.74) is 3.15.